The van der Waals surface area contributed by atoms with Crippen LogP contribution in [0.25, 0.3) is 0 Å². The highest BCUT2D eigenvalue weighted by Gasteiger charge is 2.41. The van der Waals surface area contributed by atoms with E-state index in [4.69, 9.17) is 18.9 Å². The molecule has 0 aromatic heterocycles. The molecule has 1 N–H and O–H groups in total. The van der Waals surface area contributed by atoms with Gasteiger partial charge in [-0.3, -0.25) is 9.36 Å². The zero-order valence-electron chi connectivity index (χ0n) is 11.3. The smallest absolute Gasteiger partial charge is 0.344 e. The number of carbonyl (C=O) groups is 1. The topological polar surface area (TPSA) is 82.1 Å². The lowest BCUT2D eigenvalue weighted by Crippen LogP contribution is -2.26. The lowest BCUT2D eigenvalue weighted by molar-refractivity contribution is -0.143. The van der Waals surface area contributed by atoms with Gasteiger partial charge in [-0.05, 0) is 33.6 Å². The minimum Gasteiger partial charge on any atom is -0.465 e. The predicted molar refractivity (Wildman–Crippen MR) is 67.6 cm³/mol. The van der Waals surface area contributed by atoms with Crippen molar-refractivity contribution in [1.82, 2.24) is 0 Å². The molecule has 0 aromatic carbocycles. The van der Waals surface area contributed by atoms with E-state index < -0.39 is 19.2 Å². The van der Waals surface area contributed by atoms with Crippen LogP contribution in [0.15, 0.2) is 0 Å². The molecule has 0 bridgehead atoms. The maximum Gasteiger partial charge on any atom is 0.344 e. The molecular weight excluding hydrogens is 259 g/mol. The Hall–Kier alpha value is -0.420. The normalized spacial score (nSPS) is 13.3. The maximum absolute atomic E-state index is 12.5. The van der Waals surface area contributed by atoms with E-state index >= 15 is 0 Å². The molecule has 0 aliphatic rings. The Morgan fingerprint density at radius 2 is 1.72 bits per heavy atom. The molecule has 0 aliphatic heterocycles. The average Bonchev–Trinajstić information content (AvgIpc) is 2.30. The summed E-state index contributed by atoms with van der Waals surface area (Å²) >= 11 is 0. The van der Waals surface area contributed by atoms with Crippen molar-refractivity contribution in [2.24, 2.45) is 0 Å². The van der Waals surface area contributed by atoms with Crippen LogP contribution in [0, 0.1) is 0 Å². The number of esters is 1. The molecule has 0 fully saturated rings. The number of ether oxygens (including phenoxy) is 1. The summed E-state index contributed by atoms with van der Waals surface area (Å²) in [5, 5.41) is 8.83. The predicted octanol–water partition coefficient (Wildman–Crippen LogP) is 1.96. The van der Waals surface area contributed by atoms with Gasteiger partial charge in [0.15, 0.2) is 5.66 Å². The van der Waals surface area contributed by atoms with Crippen molar-refractivity contribution in [1.29, 1.82) is 0 Å². The SMILES string of the molecule is CCOC(=O)C(CCCO)P(=O)(OCC)OCC. The number of hydrogen-bond donors (Lipinski definition) is 1. The summed E-state index contributed by atoms with van der Waals surface area (Å²) in [5.41, 5.74) is -0.968. The summed E-state index contributed by atoms with van der Waals surface area (Å²) in [6.07, 6.45) is 0.556. The Kier molecular flexibility index (Phi) is 9.28. The maximum atomic E-state index is 12.5. The van der Waals surface area contributed by atoms with Crippen LogP contribution in [-0.4, -0.2) is 43.2 Å². The average molecular weight is 282 g/mol. The first-order valence-corrected chi connectivity index (χ1v) is 7.83. The molecule has 0 rings (SSSR count). The zero-order chi connectivity index (χ0) is 14.0. The van der Waals surface area contributed by atoms with Crippen LogP contribution in [0.4, 0.5) is 0 Å². The fourth-order valence-electron chi connectivity index (χ4n) is 1.51. The highest BCUT2D eigenvalue weighted by molar-refractivity contribution is 7.55. The second-order valence-electron chi connectivity index (χ2n) is 3.51. The van der Waals surface area contributed by atoms with Crippen LogP contribution in [0.2, 0.25) is 0 Å². The molecule has 0 heterocycles. The second kappa shape index (κ2) is 9.50. The highest BCUT2D eigenvalue weighted by Crippen LogP contribution is 2.54. The van der Waals surface area contributed by atoms with E-state index in [1.54, 1.807) is 20.8 Å². The summed E-state index contributed by atoms with van der Waals surface area (Å²) in [6, 6.07) is 0. The van der Waals surface area contributed by atoms with Crippen molar-refractivity contribution in [3.8, 4) is 0 Å². The van der Waals surface area contributed by atoms with Crippen LogP contribution in [0.1, 0.15) is 33.6 Å². The van der Waals surface area contributed by atoms with E-state index in [0.717, 1.165) is 0 Å². The number of hydrogen-bond acceptors (Lipinski definition) is 6. The van der Waals surface area contributed by atoms with E-state index in [9.17, 15) is 9.36 Å². The molecule has 0 radical (unpaired) electrons. The van der Waals surface area contributed by atoms with Crippen LogP contribution in [0.5, 0.6) is 0 Å². The first kappa shape index (κ1) is 17.6. The molecule has 0 amide bonds. The summed E-state index contributed by atoms with van der Waals surface area (Å²) in [4.78, 5) is 11.8. The molecule has 7 heteroatoms. The minimum absolute atomic E-state index is 0.0891. The van der Waals surface area contributed by atoms with E-state index in [2.05, 4.69) is 0 Å². The van der Waals surface area contributed by atoms with Gasteiger partial charge in [-0.15, -0.1) is 0 Å². The monoisotopic (exact) mass is 282 g/mol. The van der Waals surface area contributed by atoms with Gasteiger partial charge in [0.05, 0.1) is 19.8 Å². The minimum atomic E-state index is -3.53. The van der Waals surface area contributed by atoms with Crippen molar-refractivity contribution in [3.63, 3.8) is 0 Å². The lowest BCUT2D eigenvalue weighted by Gasteiger charge is -2.24. The third-order valence-electron chi connectivity index (χ3n) is 2.19. The standard InChI is InChI=1S/C11H23O6P/c1-4-15-11(13)10(8-7-9-12)18(14,16-5-2)17-6-3/h10,12H,4-9H2,1-3H3. The summed E-state index contributed by atoms with van der Waals surface area (Å²) in [5.74, 6) is -0.601. The van der Waals surface area contributed by atoms with Crippen LogP contribution in [-0.2, 0) is 23.1 Å². The number of aliphatic hydroxyl groups is 1. The molecule has 0 saturated carbocycles. The van der Waals surface area contributed by atoms with Crippen molar-refractivity contribution < 1.29 is 28.3 Å². The Bertz CT molecular complexity index is 271. The van der Waals surface area contributed by atoms with Crippen molar-refractivity contribution in [3.05, 3.63) is 0 Å². The van der Waals surface area contributed by atoms with Gasteiger partial charge < -0.3 is 18.9 Å². The van der Waals surface area contributed by atoms with E-state index in [1.165, 1.54) is 0 Å². The third-order valence-corrected chi connectivity index (χ3v) is 4.66. The molecule has 0 saturated heterocycles. The Labute approximate surface area is 108 Å². The number of rotatable bonds is 10. The van der Waals surface area contributed by atoms with E-state index in [1.807, 2.05) is 0 Å². The zero-order valence-corrected chi connectivity index (χ0v) is 12.2. The number of aliphatic hydroxyl groups excluding tert-OH is 1. The van der Waals surface area contributed by atoms with Crippen molar-refractivity contribution in [2.75, 3.05) is 26.4 Å². The molecular formula is C11H23O6P. The molecule has 18 heavy (non-hydrogen) atoms. The summed E-state index contributed by atoms with van der Waals surface area (Å²) < 4.78 is 27.7. The largest absolute Gasteiger partial charge is 0.465 e. The summed E-state index contributed by atoms with van der Waals surface area (Å²) in [6.45, 7) is 5.52. The molecule has 0 aliphatic carbocycles. The van der Waals surface area contributed by atoms with Crippen LogP contribution in [0.3, 0.4) is 0 Å². The first-order chi connectivity index (χ1) is 8.55. The molecule has 0 aromatic rings. The van der Waals surface area contributed by atoms with Crippen LogP contribution >= 0.6 is 7.60 Å². The van der Waals surface area contributed by atoms with Gasteiger partial charge in [-0.2, -0.15) is 0 Å². The Balaban J connectivity index is 4.96. The second-order valence-corrected chi connectivity index (χ2v) is 5.73. The highest BCUT2D eigenvalue weighted by atomic mass is 31.2. The van der Waals surface area contributed by atoms with Crippen LogP contribution < -0.4 is 0 Å². The van der Waals surface area contributed by atoms with Gasteiger partial charge in [0.25, 0.3) is 0 Å². The third kappa shape index (κ3) is 5.48. The van der Waals surface area contributed by atoms with Gasteiger partial charge in [0.1, 0.15) is 0 Å². The fraction of sp³-hybridized carbons (Fsp3) is 0.909. The number of carbonyl (C=O) groups excluding carboxylic acids is 1. The van der Waals surface area contributed by atoms with Gasteiger partial charge >= 0.3 is 13.6 Å². The summed E-state index contributed by atoms with van der Waals surface area (Å²) in [7, 11) is -3.53. The first-order valence-electron chi connectivity index (χ1n) is 6.21. The van der Waals surface area contributed by atoms with Gasteiger partial charge in [-0.1, -0.05) is 0 Å². The fourth-order valence-corrected chi connectivity index (χ4v) is 3.49. The lowest BCUT2D eigenvalue weighted by atomic mass is 10.2. The Morgan fingerprint density at radius 1 is 1.17 bits per heavy atom. The van der Waals surface area contributed by atoms with Gasteiger partial charge in [0, 0.05) is 6.61 Å². The molecule has 1 unspecified atom stereocenters. The quantitative estimate of drug-likeness (QED) is 0.487. The molecule has 1 atom stereocenters. The molecule has 6 nitrogen and oxygen atoms in total. The van der Waals surface area contributed by atoms with E-state index in [-0.39, 0.29) is 32.8 Å². The Morgan fingerprint density at radius 3 is 2.11 bits per heavy atom. The molecule has 108 valence electrons. The van der Waals surface area contributed by atoms with Crippen molar-refractivity contribution >= 4 is 13.6 Å². The van der Waals surface area contributed by atoms with Gasteiger partial charge in [-0.25, -0.2) is 0 Å². The van der Waals surface area contributed by atoms with E-state index in [0.29, 0.717) is 6.42 Å². The van der Waals surface area contributed by atoms with Crippen molar-refractivity contribution in [2.45, 2.75) is 39.3 Å². The van der Waals surface area contributed by atoms with Gasteiger partial charge in [0.2, 0.25) is 0 Å². The molecule has 0 spiro atoms.